The minimum absolute atomic E-state index is 0.0770. The summed E-state index contributed by atoms with van der Waals surface area (Å²) < 4.78 is 5.52. The molecule has 0 aliphatic carbocycles. The average molecular weight is 364 g/mol. The molecule has 1 atom stereocenters. The maximum Gasteiger partial charge on any atom is 0.253 e. The van der Waals surface area contributed by atoms with Gasteiger partial charge in [0.2, 0.25) is 5.91 Å². The van der Waals surface area contributed by atoms with Gasteiger partial charge in [-0.25, -0.2) is 0 Å². The number of hydrogen-bond acceptors (Lipinski definition) is 3. The molecule has 2 amide bonds. The lowest BCUT2D eigenvalue weighted by Crippen LogP contribution is -2.32. The summed E-state index contributed by atoms with van der Waals surface area (Å²) in [5, 5.41) is 5.67. The smallest absolute Gasteiger partial charge is 0.253 e. The van der Waals surface area contributed by atoms with Gasteiger partial charge in [-0.05, 0) is 43.5 Å². The van der Waals surface area contributed by atoms with E-state index in [4.69, 9.17) is 4.74 Å². The molecule has 0 saturated carbocycles. The highest BCUT2D eigenvalue weighted by Gasteiger charge is 2.18. The number of aryl methyl sites for hydroxylation is 1. The van der Waals surface area contributed by atoms with Crippen LogP contribution in [0.1, 0.15) is 34.3 Å². The number of rotatable bonds is 6. The Kier molecular flexibility index (Phi) is 6.39. The van der Waals surface area contributed by atoms with E-state index in [1.807, 2.05) is 31.2 Å². The molecule has 0 spiro atoms. The number of ether oxygens (including phenoxy) is 1. The topological polar surface area (TPSA) is 67.4 Å². The molecule has 1 heterocycles. The molecule has 1 aliphatic rings. The van der Waals surface area contributed by atoms with Crippen LogP contribution in [-0.4, -0.2) is 31.1 Å². The molecule has 1 aliphatic heterocycles. The van der Waals surface area contributed by atoms with Gasteiger partial charge in [0.15, 0.2) is 0 Å². The molecule has 0 aromatic heterocycles. The second kappa shape index (κ2) is 9.14. The highest BCUT2D eigenvalue weighted by Crippen LogP contribution is 2.16. The van der Waals surface area contributed by atoms with E-state index in [1.165, 1.54) is 11.6 Å². The Hall–Kier alpha value is -2.92. The summed E-state index contributed by atoms with van der Waals surface area (Å²) in [4.78, 5) is 24.7. The average Bonchev–Trinajstić information content (AvgIpc) is 3.20. The quantitative estimate of drug-likeness (QED) is 0.770. The van der Waals surface area contributed by atoms with Crippen molar-refractivity contribution in [1.29, 1.82) is 0 Å². The molecule has 5 heteroatoms. The van der Waals surface area contributed by atoms with E-state index in [-0.39, 0.29) is 17.9 Å². The molecule has 0 unspecified atom stereocenters. The van der Waals surface area contributed by atoms with E-state index in [2.05, 4.69) is 10.6 Å². The Labute approximate surface area is 159 Å². The summed E-state index contributed by atoms with van der Waals surface area (Å²) in [7, 11) is 0. The number of carbonyl (C=O) groups is 2. The van der Waals surface area contributed by atoms with Gasteiger partial charge in [0.05, 0.1) is 17.4 Å². The first-order valence-electron chi connectivity index (χ1n) is 9.16. The van der Waals surface area contributed by atoms with Crippen molar-refractivity contribution in [3.63, 3.8) is 0 Å². The molecule has 140 valence electrons. The second-order valence-electron chi connectivity index (χ2n) is 6.62. The summed E-state index contributed by atoms with van der Waals surface area (Å²) >= 11 is 0. The Balaban J connectivity index is 1.61. The molecule has 1 fully saturated rings. The molecule has 1 saturated heterocycles. The molecule has 27 heavy (non-hydrogen) atoms. The van der Waals surface area contributed by atoms with Gasteiger partial charge in [0.25, 0.3) is 5.91 Å². The van der Waals surface area contributed by atoms with E-state index >= 15 is 0 Å². The van der Waals surface area contributed by atoms with Crippen LogP contribution in [0.15, 0.2) is 54.6 Å². The van der Waals surface area contributed by atoms with Crippen LogP contribution in [0.2, 0.25) is 0 Å². The molecular weight excluding hydrogens is 340 g/mol. The van der Waals surface area contributed by atoms with Crippen LogP contribution < -0.4 is 10.6 Å². The fraction of sp³-hybridized carbons (Fsp3) is 0.273. The van der Waals surface area contributed by atoms with Gasteiger partial charge < -0.3 is 15.4 Å². The third-order valence-electron chi connectivity index (χ3n) is 4.45. The van der Waals surface area contributed by atoms with E-state index < -0.39 is 0 Å². The van der Waals surface area contributed by atoms with Crippen LogP contribution in [0, 0.1) is 6.92 Å². The molecule has 3 rings (SSSR count). The predicted molar refractivity (Wildman–Crippen MR) is 107 cm³/mol. The highest BCUT2D eigenvalue weighted by atomic mass is 16.5. The van der Waals surface area contributed by atoms with Crippen LogP contribution in [0.5, 0.6) is 0 Å². The minimum atomic E-state index is -0.282. The van der Waals surface area contributed by atoms with Crippen molar-refractivity contribution in [1.82, 2.24) is 5.32 Å². The lowest BCUT2D eigenvalue weighted by atomic mass is 10.1. The van der Waals surface area contributed by atoms with E-state index in [1.54, 1.807) is 30.3 Å². The van der Waals surface area contributed by atoms with Crippen molar-refractivity contribution in [2.75, 3.05) is 18.5 Å². The summed E-state index contributed by atoms with van der Waals surface area (Å²) in [6.45, 7) is 3.25. The number of hydrogen-bond donors (Lipinski definition) is 2. The first-order valence-corrected chi connectivity index (χ1v) is 9.16. The number of benzene rings is 2. The van der Waals surface area contributed by atoms with Crippen molar-refractivity contribution < 1.29 is 14.3 Å². The first kappa shape index (κ1) is 18.9. The Morgan fingerprint density at radius 1 is 1.15 bits per heavy atom. The second-order valence-corrected chi connectivity index (χ2v) is 6.62. The molecule has 0 bridgehead atoms. The maximum absolute atomic E-state index is 12.5. The summed E-state index contributed by atoms with van der Waals surface area (Å²) in [6.07, 6.45) is 5.27. The molecule has 2 aromatic rings. The van der Waals surface area contributed by atoms with Gasteiger partial charge in [0, 0.05) is 19.2 Å². The van der Waals surface area contributed by atoms with E-state index in [9.17, 15) is 9.59 Å². The van der Waals surface area contributed by atoms with Crippen LogP contribution in [0.3, 0.4) is 0 Å². The van der Waals surface area contributed by atoms with Crippen LogP contribution in [0.25, 0.3) is 6.08 Å². The van der Waals surface area contributed by atoms with Gasteiger partial charge >= 0.3 is 0 Å². The zero-order chi connectivity index (χ0) is 19.1. The van der Waals surface area contributed by atoms with Gasteiger partial charge in [-0.3, -0.25) is 9.59 Å². The summed E-state index contributed by atoms with van der Waals surface area (Å²) in [5.41, 5.74) is 3.03. The minimum Gasteiger partial charge on any atom is -0.376 e. The maximum atomic E-state index is 12.5. The Bertz CT molecular complexity index is 822. The number of nitrogens with one attached hydrogen (secondary N) is 2. The third kappa shape index (κ3) is 5.53. The van der Waals surface area contributed by atoms with Gasteiger partial charge in [0.1, 0.15) is 0 Å². The van der Waals surface area contributed by atoms with Crippen molar-refractivity contribution in [3.8, 4) is 0 Å². The SMILES string of the molecule is Cc1ccc(/C=C/C(=O)Nc2ccccc2C(=O)NC[C@@H]2CCCO2)cc1. The number of para-hydroxylation sites is 1. The molecular formula is C22H24N2O3. The van der Waals surface area contributed by atoms with Crippen molar-refractivity contribution in [2.45, 2.75) is 25.9 Å². The van der Waals surface area contributed by atoms with E-state index in [0.717, 1.165) is 25.0 Å². The number of anilines is 1. The standard InChI is InChI=1S/C22H24N2O3/c1-16-8-10-17(11-9-16)12-13-21(25)24-20-7-3-2-6-19(20)22(26)23-15-18-5-4-14-27-18/h2-3,6-13,18H,4-5,14-15H2,1H3,(H,23,26)(H,24,25)/b13-12+/t18-/m0/s1. The van der Waals surface area contributed by atoms with Crippen LogP contribution in [-0.2, 0) is 9.53 Å². The molecule has 5 nitrogen and oxygen atoms in total. The largest absolute Gasteiger partial charge is 0.376 e. The first-order chi connectivity index (χ1) is 13.1. The summed E-state index contributed by atoms with van der Waals surface area (Å²) in [6, 6.07) is 14.9. The van der Waals surface area contributed by atoms with Gasteiger partial charge in [-0.2, -0.15) is 0 Å². The molecule has 2 aromatic carbocycles. The molecule has 2 N–H and O–H groups in total. The van der Waals surface area contributed by atoms with Crippen molar-refractivity contribution in [3.05, 3.63) is 71.3 Å². The molecule has 0 radical (unpaired) electrons. The fourth-order valence-electron chi connectivity index (χ4n) is 2.92. The Morgan fingerprint density at radius 3 is 2.67 bits per heavy atom. The zero-order valence-corrected chi connectivity index (χ0v) is 15.4. The fourth-order valence-corrected chi connectivity index (χ4v) is 2.92. The summed E-state index contributed by atoms with van der Waals surface area (Å²) in [5.74, 6) is -0.501. The zero-order valence-electron chi connectivity index (χ0n) is 15.4. The normalized spacial score (nSPS) is 16.4. The van der Waals surface area contributed by atoms with E-state index in [0.29, 0.717) is 17.8 Å². The van der Waals surface area contributed by atoms with Gasteiger partial charge in [-0.1, -0.05) is 42.0 Å². The lowest BCUT2D eigenvalue weighted by Gasteiger charge is -2.13. The number of carbonyl (C=O) groups excluding carboxylic acids is 2. The van der Waals surface area contributed by atoms with Crippen LogP contribution in [0.4, 0.5) is 5.69 Å². The van der Waals surface area contributed by atoms with Gasteiger partial charge in [-0.15, -0.1) is 0 Å². The third-order valence-corrected chi connectivity index (χ3v) is 4.45. The predicted octanol–water partition coefficient (Wildman–Crippen LogP) is 3.56. The van der Waals surface area contributed by atoms with Crippen LogP contribution >= 0.6 is 0 Å². The highest BCUT2D eigenvalue weighted by molar-refractivity contribution is 6.07. The monoisotopic (exact) mass is 364 g/mol. The lowest BCUT2D eigenvalue weighted by molar-refractivity contribution is -0.111. The Morgan fingerprint density at radius 2 is 1.93 bits per heavy atom. The van der Waals surface area contributed by atoms with Crippen molar-refractivity contribution in [2.24, 2.45) is 0 Å². The van der Waals surface area contributed by atoms with Crippen molar-refractivity contribution >= 4 is 23.6 Å². The number of amides is 2.